The number of imide groups is 1. The highest BCUT2D eigenvalue weighted by Gasteiger charge is 2.45. The number of hydrogen-bond donors (Lipinski definition) is 2. The summed E-state index contributed by atoms with van der Waals surface area (Å²) in [4.78, 5) is 29.8. The van der Waals surface area contributed by atoms with Gasteiger partial charge in [0.25, 0.3) is 0 Å². The molecule has 128 valence electrons. The zero-order valence-electron chi connectivity index (χ0n) is 13.3. The standard InChI is InChI=1S/C15H18N4O4S/c1-22-9-4-3-8(7-10(9)23-2)5-6-19-12-11(24-14(16)17-12)13(20)18-15(19)21/h3-4,7,11-12H,5-6H2,1-2H3,(H2,16,17)(H,18,20,21). The van der Waals surface area contributed by atoms with Crippen molar-refractivity contribution in [2.45, 2.75) is 17.8 Å². The number of hydrogen-bond acceptors (Lipinski definition) is 7. The third kappa shape index (κ3) is 2.99. The van der Waals surface area contributed by atoms with Gasteiger partial charge in [-0.3, -0.25) is 10.1 Å². The number of amides is 3. The molecule has 1 saturated heterocycles. The molecule has 0 aromatic heterocycles. The van der Waals surface area contributed by atoms with Gasteiger partial charge in [0.1, 0.15) is 11.4 Å². The van der Waals surface area contributed by atoms with E-state index in [9.17, 15) is 9.59 Å². The molecule has 1 fully saturated rings. The van der Waals surface area contributed by atoms with E-state index in [1.54, 1.807) is 14.2 Å². The molecule has 3 amide bonds. The summed E-state index contributed by atoms with van der Waals surface area (Å²) in [6, 6.07) is 5.15. The zero-order chi connectivity index (χ0) is 17.3. The van der Waals surface area contributed by atoms with Crippen LogP contribution in [-0.2, 0) is 11.2 Å². The number of ether oxygens (including phenoxy) is 2. The van der Waals surface area contributed by atoms with Crippen molar-refractivity contribution in [3.63, 3.8) is 0 Å². The van der Waals surface area contributed by atoms with Crippen LogP contribution in [0.2, 0.25) is 0 Å². The highest BCUT2D eigenvalue weighted by Crippen LogP contribution is 2.31. The van der Waals surface area contributed by atoms with Crippen molar-refractivity contribution in [2.24, 2.45) is 10.7 Å². The summed E-state index contributed by atoms with van der Waals surface area (Å²) in [5.41, 5.74) is 6.69. The average molecular weight is 350 g/mol. The monoisotopic (exact) mass is 350 g/mol. The first kappa shape index (κ1) is 16.4. The Hall–Kier alpha value is -2.42. The fourth-order valence-corrected chi connectivity index (χ4v) is 3.65. The molecule has 2 atom stereocenters. The summed E-state index contributed by atoms with van der Waals surface area (Å²) in [5, 5.41) is 2.20. The van der Waals surface area contributed by atoms with Crippen molar-refractivity contribution in [3.05, 3.63) is 23.8 Å². The zero-order valence-corrected chi connectivity index (χ0v) is 14.1. The lowest BCUT2D eigenvalue weighted by molar-refractivity contribution is -0.121. The molecular weight excluding hydrogens is 332 g/mol. The van der Waals surface area contributed by atoms with Crippen LogP contribution in [-0.4, -0.2) is 54.2 Å². The number of amidine groups is 1. The number of benzene rings is 1. The second-order valence-corrected chi connectivity index (χ2v) is 6.51. The van der Waals surface area contributed by atoms with Crippen LogP contribution in [0.1, 0.15) is 5.56 Å². The molecule has 1 aromatic carbocycles. The van der Waals surface area contributed by atoms with Crippen LogP contribution < -0.4 is 20.5 Å². The van der Waals surface area contributed by atoms with E-state index < -0.39 is 17.4 Å². The fraction of sp³-hybridized carbons (Fsp3) is 0.400. The Kier molecular flexibility index (Phi) is 4.52. The maximum Gasteiger partial charge on any atom is 0.325 e. The molecule has 1 aromatic rings. The van der Waals surface area contributed by atoms with Gasteiger partial charge in [0, 0.05) is 6.54 Å². The predicted octanol–water partition coefficient (Wildman–Crippen LogP) is 0.554. The number of thioether (sulfide) groups is 1. The lowest BCUT2D eigenvalue weighted by Crippen LogP contribution is -2.60. The molecule has 8 nitrogen and oxygen atoms in total. The molecule has 0 bridgehead atoms. The van der Waals surface area contributed by atoms with E-state index in [0.29, 0.717) is 29.6 Å². The number of nitrogens with two attached hydrogens (primary N) is 1. The van der Waals surface area contributed by atoms with Crippen LogP contribution in [0.25, 0.3) is 0 Å². The van der Waals surface area contributed by atoms with Gasteiger partial charge in [0.05, 0.1) is 14.2 Å². The summed E-state index contributed by atoms with van der Waals surface area (Å²) in [5.74, 6) is 0.929. The normalized spacial score (nSPS) is 22.8. The Morgan fingerprint density at radius 2 is 2.04 bits per heavy atom. The van der Waals surface area contributed by atoms with Gasteiger partial charge in [0.15, 0.2) is 16.7 Å². The third-order valence-electron chi connectivity index (χ3n) is 3.94. The van der Waals surface area contributed by atoms with Gasteiger partial charge in [-0.2, -0.15) is 0 Å². The van der Waals surface area contributed by atoms with Crippen molar-refractivity contribution in [3.8, 4) is 11.5 Å². The first-order valence-corrected chi connectivity index (χ1v) is 8.23. The van der Waals surface area contributed by atoms with Crippen LogP contribution >= 0.6 is 11.8 Å². The van der Waals surface area contributed by atoms with Crippen molar-refractivity contribution >= 4 is 28.9 Å². The number of carbonyl (C=O) groups is 2. The van der Waals surface area contributed by atoms with Crippen molar-refractivity contribution in [2.75, 3.05) is 20.8 Å². The van der Waals surface area contributed by atoms with E-state index in [0.717, 1.165) is 5.56 Å². The lowest BCUT2D eigenvalue weighted by Gasteiger charge is -2.34. The van der Waals surface area contributed by atoms with E-state index >= 15 is 0 Å². The molecule has 0 saturated carbocycles. The van der Waals surface area contributed by atoms with Gasteiger partial charge in [0.2, 0.25) is 5.91 Å². The smallest absolute Gasteiger partial charge is 0.325 e. The maximum absolute atomic E-state index is 12.1. The summed E-state index contributed by atoms with van der Waals surface area (Å²) in [7, 11) is 3.15. The van der Waals surface area contributed by atoms with Crippen LogP contribution in [0.15, 0.2) is 23.2 Å². The number of carbonyl (C=O) groups excluding carboxylic acids is 2. The molecule has 2 aliphatic rings. The Bertz CT molecular complexity index is 709. The minimum Gasteiger partial charge on any atom is -0.493 e. The Balaban J connectivity index is 1.73. The molecule has 2 heterocycles. The number of aliphatic imine (C=N–C) groups is 1. The van der Waals surface area contributed by atoms with Gasteiger partial charge in [-0.05, 0) is 24.1 Å². The number of rotatable bonds is 5. The molecule has 0 spiro atoms. The summed E-state index contributed by atoms with van der Waals surface area (Å²) >= 11 is 1.18. The number of methoxy groups -OCH3 is 2. The molecule has 0 radical (unpaired) electrons. The summed E-state index contributed by atoms with van der Waals surface area (Å²) < 4.78 is 10.5. The Morgan fingerprint density at radius 1 is 1.29 bits per heavy atom. The van der Waals surface area contributed by atoms with Gasteiger partial charge < -0.3 is 20.1 Å². The number of fused-ring (bicyclic) bond motifs is 1. The summed E-state index contributed by atoms with van der Waals surface area (Å²) in [6.07, 6.45) is 0.0436. The van der Waals surface area contributed by atoms with Gasteiger partial charge >= 0.3 is 6.03 Å². The van der Waals surface area contributed by atoms with Crippen molar-refractivity contribution in [1.29, 1.82) is 0 Å². The van der Waals surface area contributed by atoms with E-state index in [2.05, 4.69) is 10.3 Å². The van der Waals surface area contributed by atoms with Crippen LogP contribution in [0.3, 0.4) is 0 Å². The molecule has 3 rings (SSSR count). The topological polar surface area (TPSA) is 106 Å². The number of urea groups is 1. The van der Waals surface area contributed by atoms with E-state index in [1.165, 1.54) is 16.7 Å². The average Bonchev–Trinajstić information content (AvgIpc) is 2.96. The largest absolute Gasteiger partial charge is 0.493 e. The predicted molar refractivity (Wildman–Crippen MR) is 90.3 cm³/mol. The van der Waals surface area contributed by atoms with Gasteiger partial charge in [-0.15, -0.1) is 0 Å². The fourth-order valence-electron chi connectivity index (χ4n) is 2.73. The molecule has 2 unspecified atom stereocenters. The van der Waals surface area contributed by atoms with Crippen molar-refractivity contribution < 1.29 is 19.1 Å². The molecule has 0 aliphatic carbocycles. The molecule has 24 heavy (non-hydrogen) atoms. The Labute approximate surface area is 143 Å². The second kappa shape index (κ2) is 6.60. The van der Waals surface area contributed by atoms with Gasteiger partial charge in [-0.1, -0.05) is 17.8 Å². The molecule has 3 N–H and O–H groups in total. The van der Waals surface area contributed by atoms with Gasteiger partial charge in [-0.25, -0.2) is 9.79 Å². The third-order valence-corrected chi connectivity index (χ3v) is 4.99. The molecule has 2 aliphatic heterocycles. The maximum atomic E-state index is 12.1. The van der Waals surface area contributed by atoms with E-state index in [1.807, 2.05) is 18.2 Å². The summed E-state index contributed by atoms with van der Waals surface area (Å²) in [6.45, 7) is 0.410. The van der Waals surface area contributed by atoms with Crippen LogP contribution in [0.4, 0.5) is 4.79 Å². The first-order valence-electron chi connectivity index (χ1n) is 7.35. The molecule has 9 heteroatoms. The first-order chi connectivity index (χ1) is 11.5. The minimum absolute atomic E-state index is 0.325. The number of nitrogens with one attached hydrogen (secondary N) is 1. The highest BCUT2D eigenvalue weighted by atomic mass is 32.2. The van der Waals surface area contributed by atoms with E-state index in [4.69, 9.17) is 15.2 Å². The Morgan fingerprint density at radius 3 is 2.75 bits per heavy atom. The quantitative estimate of drug-likeness (QED) is 0.803. The number of nitrogens with zero attached hydrogens (tertiary/aromatic N) is 2. The second-order valence-electron chi connectivity index (χ2n) is 5.35. The van der Waals surface area contributed by atoms with Crippen LogP contribution in [0, 0.1) is 0 Å². The van der Waals surface area contributed by atoms with E-state index in [-0.39, 0.29) is 5.91 Å². The lowest BCUT2D eigenvalue weighted by atomic mass is 10.1. The van der Waals surface area contributed by atoms with Crippen LogP contribution in [0.5, 0.6) is 11.5 Å². The minimum atomic E-state index is -0.545. The highest BCUT2D eigenvalue weighted by molar-refractivity contribution is 8.15. The SMILES string of the molecule is COc1ccc(CCN2C(=O)NC(=O)C3SC(N)=NC32)cc1OC. The van der Waals surface area contributed by atoms with Crippen molar-refractivity contribution in [1.82, 2.24) is 10.2 Å². The molecular formula is C15H18N4O4S.